The van der Waals surface area contributed by atoms with Crippen LogP contribution in [0.25, 0.3) is 10.2 Å². The van der Waals surface area contributed by atoms with Gasteiger partial charge < -0.3 is 9.30 Å². The van der Waals surface area contributed by atoms with Crippen molar-refractivity contribution in [1.29, 1.82) is 0 Å². The third-order valence-electron chi connectivity index (χ3n) is 6.08. The van der Waals surface area contributed by atoms with Crippen LogP contribution >= 0.6 is 23.1 Å². The molecular weight excluding hydrogens is 490 g/mol. The molecule has 4 rings (SSSR count). The van der Waals surface area contributed by atoms with E-state index in [1.54, 1.807) is 43.1 Å². The van der Waals surface area contributed by atoms with Crippen molar-refractivity contribution in [1.82, 2.24) is 8.87 Å². The molecule has 2 heterocycles. The van der Waals surface area contributed by atoms with Crippen molar-refractivity contribution in [2.75, 3.05) is 33.1 Å². The van der Waals surface area contributed by atoms with Gasteiger partial charge in [-0.1, -0.05) is 29.0 Å². The zero-order valence-electron chi connectivity index (χ0n) is 19.6. The number of hydrogen-bond donors (Lipinski definition) is 0. The van der Waals surface area contributed by atoms with Crippen molar-refractivity contribution in [2.24, 2.45) is 10.9 Å². The second-order valence-corrected chi connectivity index (χ2v) is 12.1. The number of amides is 1. The minimum atomic E-state index is -3.55. The molecule has 0 radical (unpaired) electrons. The molecule has 1 amide bonds. The number of carbonyl (C=O) groups excluding carboxylic acids is 1. The molecule has 1 fully saturated rings. The van der Waals surface area contributed by atoms with E-state index >= 15 is 0 Å². The second-order valence-electron chi connectivity index (χ2n) is 8.30. The molecule has 0 spiro atoms. The number of rotatable bonds is 7. The van der Waals surface area contributed by atoms with Gasteiger partial charge in [0, 0.05) is 37.6 Å². The quantitative estimate of drug-likeness (QED) is 0.442. The van der Waals surface area contributed by atoms with E-state index in [2.05, 4.69) is 23.2 Å². The Hall–Kier alpha value is -1.98. The first-order chi connectivity index (χ1) is 16.3. The van der Waals surface area contributed by atoms with Crippen LogP contribution in [0.2, 0.25) is 0 Å². The monoisotopic (exact) mass is 519 g/mol. The second kappa shape index (κ2) is 10.7. The maximum Gasteiger partial charge on any atom is 0.251 e. The first-order valence-corrected chi connectivity index (χ1v) is 14.6. The van der Waals surface area contributed by atoms with Crippen LogP contribution in [-0.2, 0) is 26.1 Å². The van der Waals surface area contributed by atoms with Crippen molar-refractivity contribution >= 4 is 49.2 Å². The summed E-state index contributed by atoms with van der Waals surface area (Å²) in [5, 5.41) is 0. The van der Waals surface area contributed by atoms with Gasteiger partial charge in [-0.2, -0.15) is 9.30 Å². The zero-order chi connectivity index (χ0) is 24.3. The fourth-order valence-electron chi connectivity index (χ4n) is 4.05. The first-order valence-electron chi connectivity index (χ1n) is 11.1. The van der Waals surface area contributed by atoms with E-state index in [9.17, 15) is 13.2 Å². The SMILES string of the molecule is COCCn1c(=NC(=O)C2CCN(S(=O)(=O)c3ccc(C)cc3)CC2)sc2cc(SC)ccc21. The molecule has 182 valence electrons. The number of carbonyl (C=O) groups is 1. The predicted octanol–water partition coefficient (Wildman–Crippen LogP) is 3.91. The summed E-state index contributed by atoms with van der Waals surface area (Å²) >= 11 is 3.18. The summed E-state index contributed by atoms with van der Waals surface area (Å²) in [5.74, 6) is -0.470. The fraction of sp³-hybridized carbons (Fsp3) is 0.417. The van der Waals surface area contributed by atoms with Crippen LogP contribution in [0.1, 0.15) is 18.4 Å². The van der Waals surface area contributed by atoms with Gasteiger partial charge in [-0.05, 0) is 56.4 Å². The van der Waals surface area contributed by atoms with Crippen LogP contribution in [0.15, 0.2) is 57.2 Å². The van der Waals surface area contributed by atoms with Crippen LogP contribution in [0.3, 0.4) is 0 Å². The molecule has 2 aromatic carbocycles. The number of methoxy groups -OCH3 is 1. The van der Waals surface area contributed by atoms with E-state index < -0.39 is 10.0 Å². The summed E-state index contributed by atoms with van der Waals surface area (Å²) < 4.78 is 35.8. The first kappa shape index (κ1) is 25.1. The smallest absolute Gasteiger partial charge is 0.251 e. The normalized spacial score (nSPS) is 16.4. The van der Waals surface area contributed by atoms with Gasteiger partial charge in [-0.15, -0.1) is 11.8 Å². The van der Waals surface area contributed by atoms with E-state index in [4.69, 9.17) is 4.74 Å². The summed E-state index contributed by atoms with van der Waals surface area (Å²) in [6, 6.07) is 13.1. The maximum atomic E-state index is 13.1. The van der Waals surface area contributed by atoms with Crippen LogP contribution in [-0.4, -0.2) is 56.3 Å². The van der Waals surface area contributed by atoms with Crippen LogP contribution in [0.4, 0.5) is 0 Å². The number of ether oxygens (including phenoxy) is 1. The van der Waals surface area contributed by atoms with E-state index in [1.165, 1.54) is 15.6 Å². The minimum absolute atomic E-state index is 0.185. The molecule has 0 aliphatic carbocycles. The Bertz CT molecular complexity index is 1340. The number of thioether (sulfide) groups is 1. The summed E-state index contributed by atoms with van der Waals surface area (Å²) in [5.41, 5.74) is 2.05. The Morgan fingerprint density at radius 1 is 1.18 bits per heavy atom. The highest BCUT2D eigenvalue weighted by Gasteiger charge is 2.32. The number of hydrogen-bond acceptors (Lipinski definition) is 6. The molecule has 34 heavy (non-hydrogen) atoms. The van der Waals surface area contributed by atoms with Gasteiger partial charge >= 0.3 is 0 Å². The highest BCUT2D eigenvalue weighted by molar-refractivity contribution is 7.98. The van der Waals surface area contributed by atoms with Crippen molar-refractivity contribution in [3.63, 3.8) is 0 Å². The maximum absolute atomic E-state index is 13.1. The number of fused-ring (bicyclic) bond motifs is 1. The Morgan fingerprint density at radius 2 is 1.88 bits per heavy atom. The number of aromatic nitrogens is 1. The lowest BCUT2D eigenvalue weighted by molar-refractivity contribution is -0.122. The Balaban J connectivity index is 1.53. The molecule has 0 saturated carbocycles. The number of sulfonamides is 1. The van der Waals surface area contributed by atoms with E-state index in [0.717, 1.165) is 20.7 Å². The number of thiazole rings is 1. The third-order valence-corrected chi connectivity index (χ3v) is 9.76. The Labute approximate surface area is 208 Å². The van der Waals surface area contributed by atoms with Crippen molar-refractivity contribution in [2.45, 2.75) is 36.1 Å². The molecule has 0 atom stereocenters. The predicted molar refractivity (Wildman–Crippen MR) is 137 cm³/mol. The number of benzene rings is 2. The van der Waals surface area contributed by atoms with E-state index in [1.807, 2.05) is 17.7 Å². The standard InChI is InChI=1S/C24H29N3O4S3/c1-17-4-7-20(8-5-17)34(29,30)26-12-10-18(11-13-26)23(28)25-24-27(14-15-31-2)21-9-6-19(32-3)16-22(21)33-24/h4-9,16,18H,10-15H2,1-3H3. The van der Waals surface area contributed by atoms with Crippen LogP contribution in [0, 0.1) is 12.8 Å². The lowest BCUT2D eigenvalue weighted by atomic mass is 9.98. The lowest BCUT2D eigenvalue weighted by Crippen LogP contribution is -2.40. The van der Waals surface area contributed by atoms with Gasteiger partial charge in [0.15, 0.2) is 4.80 Å². The zero-order valence-corrected chi connectivity index (χ0v) is 22.0. The summed E-state index contributed by atoms with van der Waals surface area (Å²) in [6.45, 7) is 3.68. The van der Waals surface area contributed by atoms with Crippen LogP contribution in [0.5, 0.6) is 0 Å². The number of piperidine rings is 1. The van der Waals surface area contributed by atoms with Crippen molar-refractivity contribution in [3.05, 3.63) is 52.8 Å². The molecule has 0 N–H and O–H groups in total. The molecule has 3 aromatic rings. The number of nitrogens with zero attached hydrogens (tertiary/aromatic N) is 3. The molecule has 0 bridgehead atoms. The average molecular weight is 520 g/mol. The van der Waals surface area contributed by atoms with Gasteiger partial charge in [-0.25, -0.2) is 8.42 Å². The third kappa shape index (κ3) is 5.31. The van der Waals surface area contributed by atoms with Crippen LogP contribution < -0.4 is 4.80 Å². The van der Waals surface area contributed by atoms with Crippen molar-refractivity contribution < 1.29 is 17.9 Å². The summed E-state index contributed by atoms with van der Waals surface area (Å²) in [7, 11) is -1.90. The van der Waals surface area contributed by atoms with Gasteiger partial charge in [0.25, 0.3) is 5.91 Å². The fourth-order valence-corrected chi connectivity index (χ4v) is 7.14. The highest BCUT2D eigenvalue weighted by Crippen LogP contribution is 2.26. The molecule has 1 aromatic heterocycles. The topological polar surface area (TPSA) is 81.0 Å². The molecule has 1 aliphatic heterocycles. The molecule has 1 saturated heterocycles. The van der Waals surface area contributed by atoms with Gasteiger partial charge in [-0.3, -0.25) is 4.79 Å². The number of aryl methyl sites for hydroxylation is 1. The average Bonchev–Trinajstić information content (AvgIpc) is 3.18. The van der Waals surface area contributed by atoms with E-state index in [0.29, 0.717) is 48.8 Å². The van der Waals surface area contributed by atoms with Gasteiger partial charge in [0.2, 0.25) is 10.0 Å². The van der Waals surface area contributed by atoms with Gasteiger partial charge in [0.1, 0.15) is 0 Å². The van der Waals surface area contributed by atoms with Gasteiger partial charge in [0.05, 0.1) is 21.7 Å². The van der Waals surface area contributed by atoms with Crippen molar-refractivity contribution in [3.8, 4) is 0 Å². The molecule has 0 unspecified atom stereocenters. The summed E-state index contributed by atoms with van der Waals surface area (Å²) in [6.07, 6.45) is 2.97. The molecule has 7 nitrogen and oxygen atoms in total. The molecule has 10 heteroatoms. The summed E-state index contributed by atoms with van der Waals surface area (Å²) in [4.78, 5) is 19.7. The highest BCUT2D eigenvalue weighted by atomic mass is 32.2. The minimum Gasteiger partial charge on any atom is -0.383 e. The Morgan fingerprint density at radius 3 is 2.53 bits per heavy atom. The largest absolute Gasteiger partial charge is 0.383 e. The Kier molecular flexibility index (Phi) is 7.94. The van der Waals surface area contributed by atoms with E-state index in [-0.39, 0.29) is 11.8 Å². The molecule has 1 aliphatic rings. The lowest BCUT2D eigenvalue weighted by Gasteiger charge is -2.29. The molecular formula is C24H29N3O4S3.